The Hall–Kier alpha value is -1.85. The number of carbonyl (C=O) groups excluding carboxylic acids is 3. The lowest BCUT2D eigenvalue weighted by molar-refractivity contribution is -0.143. The summed E-state index contributed by atoms with van der Waals surface area (Å²) < 4.78 is 0. The largest absolute Gasteiger partial charge is 0.480 e. The minimum absolute atomic E-state index is 0.0398. The number of carbonyl (C=O) groups is 4. The maximum Gasteiger partial charge on any atom is 0.327 e. The fourth-order valence-corrected chi connectivity index (χ4v) is 3.16. The van der Waals surface area contributed by atoms with Crippen LogP contribution < -0.4 is 16.4 Å². The quantitative estimate of drug-likeness (QED) is 0.231. The number of nitrogens with two attached hydrogens (primary N) is 1. The summed E-state index contributed by atoms with van der Waals surface area (Å²) >= 11 is 3.84. The first-order valence-corrected chi connectivity index (χ1v) is 9.92. The standard InChI is InChI=1S/C17H30N4O6S/c1-3-9(2)13(18)16(25)21-6-4-5-12(21)15(24)19-10(7-22)14(23)20-11(8-28)17(26)27/h9-13,22,28H,3-8,18H2,1-2H3,(H,19,24)(H,20,23)(H,26,27). The van der Waals surface area contributed by atoms with Crippen LogP contribution in [-0.4, -0.2) is 81.9 Å². The topological polar surface area (TPSA) is 162 Å². The average molecular weight is 419 g/mol. The van der Waals surface area contributed by atoms with E-state index in [1.807, 2.05) is 13.8 Å². The van der Waals surface area contributed by atoms with Gasteiger partial charge in [-0.25, -0.2) is 4.79 Å². The zero-order valence-corrected chi connectivity index (χ0v) is 17.0. The SMILES string of the molecule is CCC(C)C(N)C(=O)N1CCCC1C(=O)NC(CO)C(=O)NC(CS)C(=O)O. The van der Waals surface area contributed by atoms with Crippen molar-refractivity contribution < 1.29 is 29.4 Å². The molecule has 1 aliphatic rings. The molecule has 5 unspecified atom stereocenters. The van der Waals surface area contributed by atoms with Crippen LogP contribution in [0.25, 0.3) is 0 Å². The molecule has 1 heterocycles. The molecule has 0 spiro atoms. The highest BCUT2D eigenvalue weighted by atomic mass is 32.1. The molecule has 0 aromatic heterocycles. The van der Waals surface area contributed by atoms with Gasteiger partial charge in [0, 0.05) is 12.3 Å². The lowest BCUT2D eigenvalue weighted by Crippen LogP contribution is -2.58. The molecule has 0 bridgehead atoms. The highest BCUT2D eigenvalue weighted by Gasteiger charge is 2.38. The maximum atomic E-state index is 12.6. The fraction of sp³-hybridized carbons (Fsp3) is 0.765. The van der Waals surface area contributed by atoms with Crippen molar-refractivity contribution in [1.82, 2.24) is 15.5 Å². The number of aliphatic hydroxyl groups is 1. The number of likely N-dealkylation sites (tertiary alicyclic amines) is 1. The van der Waals surface area contributed by atoms with Crippen LogP contribution in [0.5, 0.6) is 0 Å². The van der Waals surface area contributed by atoms with Crippen LogP contribution in [0.4, 0.5) is 0 Å². The second-order valence-corrected chi connectivity index (χ2v) is 7.29. The Bertz CT molecular complexity index is 590. The molecule has 0 radical (unpaired) electrons. The van der Waals surface area contributed by atoms with E-state index in [0.29, 0.717) is 19.4 Å². The van der Waals surface area contributed by atoms with Crippen LogP contribution in [0.2, 0.25) is 0 Å². The van der Waals surface area contributed by atoms with Gasteiger partial charge in [0.1, 0.15) is 18.1 Å². The summed E-state index contributed by atoms with van der Waals surface area (Å²) in [6, 6.07) is -4.10. The predicted molar refractivity (Wildman–Crippen MR) is 105 cm³/mol. The number of hydrogen-bond acceptors (Lipinski definition) is 7. The maximum absolute atomic E-state index is 12.6. The number of aliphatic hydroxyl groups excluding tert-OH is 1. The Balaban J connectivity index is 2.78. The first kappa shape index (κ1) is 24.2. The van der Waals surface area contributed by atoms with Crippen molar-refractivity contribution in [1.29, 1.82) is 0 Å². The third-order valence-corrected chi connectivity index (χ3v) is 5.36. The molecule has 3 amide bonds. The van der Waals surface area contributed by atoms with Gasteiger partial charge in [-0.05, 0) is 18.8 Å². The Labute approximate surface area is 169 Å². The molecule has 1 aliphatic heterocycles. The molecule has 6 N–H and O–H groups in total. The highest BCUT2D eigenvalue weighted by Crippen LogP contribution is 2.20. The van der Waals surface area contributed by atoms with Crippen LogP contribution in [0.3, 0.4) is 0 Å². The van der Waals surface area contributed by atoms with E-state index in [1.165, 1.54) is 4.90 Å². The molecule has 0 aromatic carbocycles. The molecule has 11 heteroatoms. The normalized spacial score (nSPS) is 20.8. The summed E-state index contributed by atoms with van der Waals surface area (Å²) in [6.45, 7) is 3.45. The zero-order valence-electron chi connectivity index (χ0n) is 16.1. The summed E-state index contributed by atoms with van der Waals surface area (Å²) in [6.07, 6.45) is 1.76. The first-order chi connectivity index (χ1) is 13.2. The first-order valence-electron chi connectivity index (χ1n) is 9.29. The average Bonchev–Trinajstić information content (AvgIpc) is 3.17. The van der Waals surface area contributed by atoms with E-state index < -0.39 is 48.6 Å². The van der Waals surface area contributed by atoms with Gasteiger partial charge in [-0.3, -0.25) is 14.4 Å². The number of nitrogens with zero attached hydrogens (tertiary/aromatic N) is 1. The zero-order chi connectivity index (χ0) is 21.4. The van der Waals surface area contributed by atoms with Crippen LogP contribution in [0.1, 0.15) is 33.1 Å². The summed E-state index contributed by atoms with van der Waals surface area (Å²) in [5.74, 6) is -3.22. The molecule has 160 valence electrons. The minimum atomic E-state index is -1.34. The monoisotopic (exact) mass is 418 g/mol. The summed E-state index contributed by atoms with van der Waals surface area (Å²) in [7, 11) is 0. The van der Waals surface area contributed by atoms with E-state index in [2.05, 4.69) is 23.3 Å². The number of nitrogens with one attached hydrogen (secondary N) is 2. The molecule has 28 heavy (non-hydrogen) atoms. The van der Waals surface area contributed by atoms with Gasteiger partial charge in [0.15, 0.2) is 0 Å². The summed E-state index contributed by atoms with van der Waals surface area (Å²) in [4.78, 5) is 49.8. The third kappa shape index (κ3) is 6.08. The third-order valence-electron chi connectivity index (χ3n) is 4.99. The Morgan fingerprint density at radius 1 is 1.25 bits per heavy atom. The van der Waals surface area contributed by atoms with Gasteiger partial charge in [-0.15, -0.1) is 0 Å². The van der Waals surface area contributed by atoms with Gasteiger partial charge in [0.05, 0.1) is 12.6 Å². The number of aliphatic carboxylic acids is 1. The lowest BCUT2D eigenvalue weighted by Gasteiger charge is -2.29. The van der Waals surface area contributed by atoms with Crippen molar-refractivity contribution in [2.75, 3.05) is 18.9 Å². The molecule has 1 rings (SSSR count). The minimum Gasteiger partial charge on any atom is -0.480 e. The van der Waals surface area contributed by atoms with E-state index in [-0.39, 0.29) is 17.6 Å². The van der Waals surface area contributed by atoms with E-state index >= 15 is 0 Å². The van der Waals surface area contributed by atoms with Crippen molar-refractivity contribution in [2.24, 2.45) is 11.7 Å². The van der Waals surface area contributed by atoms with E-state index in [9.17, 15) is 24.3 Å². The van der Waals surface area contributed by atoms with Gasteiger partial charge in [-0.2, -0.15) is 12.6 Å². The summed E-state index contributed by atoms with van der Waals surface area (Å²) in [5, 5.41) is 23.0. The molecule has 1 fully saturated rings. The summed E-state index contributed by atoms with van der Waals surface area (Å²) in [5.41, 5.74) is 6.00. The number of carboxylic acid groups (broad SMARTS) is 1. The lowest BCUT2D eigenvalue weighted by atomic mass is 9.98. The molecular weight excluding hydrogens is 388 g/mol. The molecule has 10 nitrogen and oxygen atoms in total. The van der Waals surface area contributed by atoms with Gasteiger partial charge in [0.25, 0.3) is 0 Å². The van der Waals surface area contributed by atoms with E-state index in [0.717, 1.165) is 6.42 Å². The van der Waals surface area contributed by atoms with Crippen molar-refractivity contribution in [3.8, 4) is 0 Å². The number of hydrogen-bond donors (Lipinski definition) is 6. The predicted octanol–water partition coefficient (Wildman–Crippen LogP) is -1.67. The van der Waals surface area contributed by atoms with Crippen molar-refractivity contribution in [3.63, 3.8) is 0 Å². The molecule has 1 saturated heterocycles. The molecular formula is C17H30N4O6S. The highest BCUT2D eigenvalue weighted by molar-refractivity contribution is 7.80. The van der Waals surface area contributed by atoms with Crippen LogP contribution >= 0.6 is 12.6 Å². The van der Waals surface area contributed by atoms with Crippen molar-refractivity contribution in [2.45, 2.75) is 57.3 Å². The molecule has 0 aliphatic carbocycles. The van der Waals surface area contributed by atoms with Crippen LogP contribution in [0, 0.1) is 5.92 Å². The van der Waals surface area contributed by atoms with Gasteiger partial charge in [0.2, 0.25) is 17.7 Å². The molecule has 0 saturated carbocycles. The molecule has 5 atom stereocenters. The second-order valence-electron chi connectivity index (χ2n) is 6.93. The van der Waals surface area contributed by atoms with Gasteiger partial charge < -0.3 is 31.5 Å². The van der Waals surface area contributed by atoms with E-state index in [1.54, 1.807) is 0 Å². The Kier molecular flexibility index (Phi) is 9.70. The van der Waals surface area contributed by atoms with Crippen LogP contribution in [0.15, 0.2) is 0 Å². The Morgan fingerprint density at radius 3 is 2.39 bits per heavy atom. The van der Waals surface area contributed by atoms with E-state index in [4.69, 9.17) is 10.8 Å². The smallest absolute Gasteiger partial charge is 0.327 e. The number of rotatable bonds is 10. The van der Waals surface area contributed by atoms with Gasteiger partial charge >= 0.3 is 5.97 Å². The van der Waals surface area contributed by atoms with Gasteiger partial charge in [-0.1, -0.05) is 20.3 Å². The number of thiol groups is 1. The van der Waals surface area contributed by atoms with Crippen molar-refractivity contribution >= 4 is 36.3 Å². The number of amides is 3. The second kappa shape index (κ2) is 11.2. The van der Waals surface area contributed by atoms with Crippen molar-refractivity contribution in [3.05, 3.63) is 0 Å². The molecule has 0 aromatic rings. The number of carboxylic acids is 1. The van der Waals surface area contributed by atoms with Crippen LogP contribution in [-0.2, 0) is 19.2 Å². The fourth-order valence-electron chi connectivity index (χ4n) is 2.91. The Morgan fingerprint density at radius 2 is 1.89 bits per heavy atom.